The highest BCUT2D eigenvalue weighted by Gasteiger charge is 2.03. The first kappa shape index (κ1) is 10.0. The number of hydrogen-bond acceptors (Lipinski definition) is 5. The lowest BCUT2D eigenvalue weighted by Crippen LogP contribution is -2.17. The topological polar surface area (TPSA) is 121 Å². The van der Waals surface area contributed by atoms with E-state index >= 15 is 0 Å². The normalized spacial score (nSPS) is 9.71. The summed E-state index contributed by atoms with van der Waals surface area (Å²) in [6, 6.07) is 0. The Balaban J connectivity index is 2.63. The summed E-state index contributed by atoms with van der Waals surface area (Å²) in [5.41, 5.74) is 4.89. The maximum absolute atomic E-state index is 11.0. The maximum atomic E-state index is 11.0. The zero-order valence-corrected chi connectivity index (χ0v) is 7.28. The number of nitrogens with two attached hydrogens (primary N) is 1. The smallest absolute Gasteiger partial charge is 0.305 e. The zero-order chi connectivity index (χ0) is 10.6. The van der Waals surface area contributed by atoms with Crippen molar-refractivity contribution in [3.8, 4) is 0 Å². The average molecular weight is 198 g/mol. The highest BCUT2D eigenvalue weighted by atomic mass is 16.4. The van der Waals surface area contributed by atoms with E-state index in [9.17, 15) is 9.59 Å². The molecule has 1 rings (SSSR count). The Morgan fingerprint density at radius 1 is 1.71 bits per heavy atom. The summed E-state index contributed by atoms with van der Waals surface area (Å²) in [4.78, 5) is 27.2. The number of aromatic nitrogens is 2. The predicted octanol–water partition coefficient (Wildman–Crippen LogP) is -0.761. The minimum absolute atomic E-state index is 0.0436. The van der Waals surface area contributed by atoms with Gasteiger partial charge < -0.3 is 21.1 Å². The molecule has 1 aromatic rings. The highest BCUT2D eigenvalue weighted by molar-refractivity contribution is 5.68. The third-order valence-electron chi connectivity index (χ3n) is 1.52. The molecule has 0 saturated heterocycles. The lowest BCUT2D eigenvalue weighted by molar-refractivity contribution is -0.136. The number of nitrogen functional groups attached to an aromatic ring is 1. The molecule has 0 bridgehead atoms. The van der Waals surface area contributed by atoms with Crippen molar-refractivity contribution >= 4 is 17.5 Å². The van der Waals surface area contributed by atoms with Gasteiger partial charge in [0.25, 0.3) is 5.56 Å². The SMILES string of the molecule is Nc1c(NCCC(=O)O)nc[nH]c1=O. The van der Waals surface area contributed by atoms with Crippen LogP contribution in [0.3, 0.4) is 0 Å². The molecule has 5 N–H and O–H groups in total. The Kier molecular flexibility index (Phi) is 3.05. The number of anilines is 2. The van der Waals surface area contributed by atoms with Crippen molar-refractivity contribution in [2.24, 2.45) is 0 Å². The third kappa shape index (κ3) is 2.47. The van der Waals surface area contributed by atoms with Gasteiger partial charge in [0.2, 0.25) is 0 Å². The van der Waals surface area contributed by atoms with Crippen LogP contribution < -0.4 is 16.6 Å². The van der Waals surface area contributed by atoms with Crippen molar-refractivity contribution in [2.75, 3.05) is 17.6 Å². The fraction of sp³-hybridized carbons (Fsp3) is 0.286. The Bertz CT molecular complexity index is 387. The second-order valence-electron chi connectivity index (χ2n) is 2.56. The fourth-order valence-corrected chi connectivity index (χ4v) is 0.839. The molecule has 76 valence electrons. The number of nitrogens with one attached hydrogen (secondary N) is 2. The van der Waals surface area contributed by atoms with Crippen molar-refractivity contribution in [1.29, 1.82) is 0 Å². The molecule has 7 nitrogen and oxygen atoms in total. The molecule has 0 aliphatic carbocycles. The monoisotopic (exact) mass is 198 g/mol. The van der Waals surface area contributed by atoms with Crippen molar-refractivity contribution < 1.29 is 9.90 Å². The second-order valence-corrected chi connectivity index (χ2v) is 2.56. The molecule has 0 spiro atoms. The summed E-state index contributed by atoms with van der Waals surface area (Å²) in [6.07, 6.45) is 1.13. The Morgan fingerprint density at radius 3 is 3.07 bits per heavy atom. The molecule has 0 saturated carbocycles. The summed E-state index contributed by atoms with van der Waals surface area (Å²) in [6.45, 7) is 0.177. The van der Waals surface area contributed by atoms with Crippen molar-refractivity contribution in [3.05, 3.63) is 16.7 Å². The molecule has 0 atom stereocenters. The first-order valence-electron chi connectivity index (χ1n) is 3.90. The highest BCUT2D eigenvalue weighted by Crippen LogP contribution is 2.06. The van der Waals surface area contributed by atoms with Crippen LogP contribution in [0.5, 0.6) is 0 Å². The van der Waals surface area contributed by atoms with Gasteiger partial charge in [-0.3, -0.25) is 9.59 Å². The van der Waals surface area contributed by atoms with Crippen LogP contribution in [0.25, 0.3) is 0 Å². The lowest BCUT2D eigenvalue weighted by atomic mass is 10.4. The number of carboxylic acid groups (broad SMARTS) is 1. The van der Waals surface area contributed by atoms with Gasteiger partial charge in [-0.05, 0) is 0 Å². The minimum Gasteiger partial charge on any atom is -0.481 e. The molecule has 0 aliphatic rings. The Morgan fingerprint density at radius 2 is 2.43 bits per heavy atom. The van der Waals surface area contributed by atoms with Crippen LogP contribution in [0.4, 0.5) is 11.5 Å². The van der Waals surface area contributed by atoms with Crippen molar-refractivity contribution in [1.82, 2.24) is 9.97 Å². The van der Waals surface area contributed by atoms with Gasteiger partial charge in [-0.15, -0.1) is 0 Å². The van der Waals surface area contributed by atoms with Gasteiger partial charge in [-0.1, -0.05) is 0 Å². The largest absolute Gasteiger partial charge is 0.481 e. The molecule has 0 aromatic carbocycles. The van der Waals surface area contributed by atoms with E-state index in [4.69, 9.17) is 10.8 Å². The van der Waals surface area contributed by atoms with Crippen LogP contribution >= 0.6 is 0 Å². The summed E-state index contributed by atoms with van der Waals surface area (Å²) >= 11 is 0. The van der Waals surface area contributed by atoms with Crippen LogP contribution in [-0.2, 0) is 4.79 Å². The molecule has 0 fully saturated rings. The van der Waals surface area contributed by atoms with Gasteiger partial charge in [0, 0.05) is 6.54 Å². The molecule has 1 aromatic heterocycles. The number of aliphatic carboxylic acids is 1. The second kappa shape index (κ2) is 4.26. The molecule has 14 heavy (non-hydrogen) atoms. The molecule has 0 aliphatic heterocycles. The first-order valence-corrected chi connectivity index (χ1v) is 3.90. The van der Waals surface area contributed by atoms with E-state index in [1.54, 1.807) is 0 Å². The van der Waals surface area contributed by atoms with E-state index in [1.807, 2.05) is 0 Å². The molecule has 0 amide bonds. The van der Waals surface area contributed by atoms with E-state index in [-0.39, 0.29) is 24.5 Å². The lowest BCUT2D eigenvalue weighted by Gasteiger charge is -2.04. The maximum Gasteiger partial charge on any atom is 0.305 e. The Labute approximate surface area is 79.0 Å². The van der Waals surface area contributed by atoms with Crippen LogP contribution in [0.2, 0.25) is 0 Å². The van der Waals surface area contributed by atoms with E-state index in [2.05, 4.69) is 15.3 Å². The quantitative estimate of drug-likeness (QED) is 0.504. The molecule has 7 heteroatoms. The van der Waals surface area contributed by atoms with Crippen molar-refractivity contribution in [3.63, 3.8) is 0 Å². The summed E-state index contributed by atoms with van der Waals surface area (Å²) in [7, 11) is 0. The van der Waals surface area contributed by atoms with Crippen molar-refractivity contribution in [2.45, 2.75) is 6.42 Å². The van der Waals surface area contributed by atoms with E-state index in [0.29, 0.717) is 0 Å². The predicted molar refractivity (Wildman–Crippen MR) is 50.0 cm³/mol. The molecule has 0 radical (unpaired) electrons. The minimum atomic E-state index is -0.930. The first-order chi connectivity index (χ1) is 6.61. The number of carbonyl (C=O) groups is 1. The number of nitrogens with zero attached hydrogens (tertiary/aromatic N) is 1. The van der Waals surface area contributed by atoms with E-state index in [0.717, 1.165) is 0 Å². The zero-order valence-electron chi connectivity index (χ0n) is 7.28. The van der Waals surface area contributed by atoms with Gasteiger partial charge in [-0.2, -0.15) is 0 Å². The van der Waals surface area contributed by atoms with E-state index in [1.165, 1.54) is 6.33 Å². The summed E-state index contributed by atoms with van der Waals surface area (Å²) in [5.74, 6) is -0.726. The van der Waals surface area contributed by atoms with Crippen LogP contribution in [0.1, 0.15) is 6.42 Å². The van der Waals surface area contributed by atoms with Gasteiger partial charge in [0.05, 0.1) is 12.7 Å². The number of rotatable bonds is 4. The Hall–Kier alpha value is -2.05. The van der Waals surface area contributed by atoms with Crippen LogP contribution in [-0.4, -0.2) is 27.6 Å². The number of carboxylic acids is 1. The van der Waals surface area contributed by atoms with Gasteiger partial charge in [0.1, 0.15) is 5.69 Å². The molecular weight excluding hydrogens is 188 g/mol. The molecule has 0 unspecified atom stereocenters. The summed E-state index contributed by atoms with van der Waals surface area (Å²) < 4.78 is 0. The number of aromatic amines is 1. The van der Waals surface area contributed by atoms with Crippen LogP contribution in [0.15, 0.2) is 11.1 Å². The van der Waals surface area contributed by atoms with Gasteiger partial charge in [-0.25, -0.2) is 4.98 Å². The third-order valence-corrected chi connectivity index (χ3v) is 1.52. The van der Waals surface area contributed by atoms with Crippen LogP contribution in [0, 0.1) is 0 Å². The standard InChI is InChI=1S/C7H10N4O3/c8-5-6(9-2-1-4(12)13)10-3-11-7(5)14/h3H,1-2,8H2,(H,12,13)(H2,9,10,11,14). The number of hydrogen-bond donors (Lipinski definition) is 4. The van der Waals surface area contributed by atoms with Gasteiger partial charge in [0.15, 0.2) is 5.82 Å². The van der Waals surface area contributed by atoms with Gasteiger partial charge >= 0.3 is 5.97 Å². The molecule has 1 heterocycles. The van der Waals surface area contributed by atoms with E-state index < -0.39 is 11.5 Å². The average Bonchev–Trinajstić information content (AvgIpc) is 2.12. The number of H-pyrrole nitrogens is 1. The summed E-state index contributed by atoms with van der Waals surface area (Å²) in [5, 5.41) is 11.0. The fourth-order valence-electron chi connectivity index (χ4n) is 0.839. The molecular formula is C7H10N4O3.